The number of rotatable bonds is 2. The van der Waals surface area contributed by atoms with E-state index < -0.39 is 10.9 Å². The van der Waals surface area contributed by atoms with Crippen molar-refractivity contribution >= 4 is 27.6 Å². The number of nitro benzene ring substituents is 1. The molecule has 0 unspecified atom stereocenters. The van der Waals surface area contributed by atoms with Gasteiger partial charge in [0.05, 0.1) is 12.0 Å². The minimum Gasteiger partial charge on any atom is -0.465 e. The maximum absolute atomic E-state index is 11.3. The molecule has 0 aliphatic rings. The van der Waals surface area contributed by atoms with Gasteiger partial charge in [-0.2, -0.15) is 0 Å². The highest BCUT2D eigenvalue weighted by molar-refractivity contribution is 9.10. The molecule has 80 valence electrons. The number of methoxy groups -OCH3 is 1. The van der Waals surface area contributed by atoms with Gasteiger partial charge in [0, 0.05) is 10.5 Å². The third-order valence-corrected chi connectivity index (χ3v) is 2.32. The molecule has 0 saturated heterocycles. The highest BCUT2D eigenvalue weighted by Crippen LogP contribution is 2.27. The standard InChI is InChI=1S/C9H8BrNO4/c1-5-3-6(10)4-7(11(13)14)8(5)9(12)15-2/h3-4H,1-2H3. The van der Waals surface area contributed by atoms with E-state index in [1.807, 2.05) is 0 Å². The Kier molecular flexibility index (Phi) is 3.41. The quantitative estimate of drug-likeness (QED) is 0.472. The first-order chi connectivity index (χ1) is 6.97. The molecule has 0 atom stereocenters. The van der Waals surface area contributed by atoms with Crippen LogP contribution < -0.4 is 0 Å². The molecule has 5 nitrogen and oxygen atoms in total. The molecule has 1 aromatic carbocycles. The van der Waals surface area contributed by atoms with Gasteiger partial charge in [-0.3, -0.25) is 10.1 Å². The van der Waals surface area contributed by atoms with Crippen molar-refractivity contribution in [3.8, 4) is 0 Å². The molecule has 6 heteroatoms. The average Bonchev–Trinajstić information content (AvgIpc) is 2.15. The number of benzene rings is 1. The van der Waals surface area contributed by atoms with Crippen molar-refractivity contribution in [1.82, 2.24) is 0 Å². The zero-order chi connectivity index (χ0) is 11.6. The van der Waals surface area contributed by atoms with Crippen molar-refractivity contribution in [2.45, 2.75) is 6.92 Å². The third-order valence-electron chi connectivity index (χ3n) is 1.87. The summed E-state index contributed by atoms with van der Waals surface area (Å²) in [5.41, 5.74) is 0.238. The number of halogens is 1. The Morgan fingerprint density at radius 3 is 2.60 bits per heavy atom. The van der Waals surface area contributed by atoms with Crippen LogP contribution >= 0.6 is 15.9 Å². The van der Waals surface area contributed by atoms with Gasteiger partial charge in [0.15, 0.2) is 0 Å². The van der Waals surface area contributed by atoms with Crippen molar-refractivity contribution in [2.24, 2.45) is 0 Å². The van der Waals surface area contributed by atoms with E-state index in [1.54, 1.807) is 13.0 Å². The first-order valence-electron chi connectivity index (χ1n) is 4.00. The largest absolute Gasteiger partial charge is 0.465 e. The van der Waals surface area contributed by atoms with Gasteiger partial charge in [0.25, 0.3) is 5.69 Å². The number of nitrogens with zero attached hydrogens (tertiary/aromatic N) is 1. The molecule has 1 rings (SSSR count). The van der Waals surface area contributed by atoms with Gasteiger partial charge < -0.3 is 4.74 Å². The first-order valence-corrected chi connectivity index (χ1v) is 4.79. The van der Waals surface area contributed by atoms with Gasteiger partial charge in [-0.15, -0.1) is 0 Å². The summed E-state index contributed by atoms with van der Waals surface area (Å²) in [5.74, 6) is -0.702. The molecule has 0 aliphatic carbocycles. The zero-order valence-corrected chi connectivity index (χ0v) is 9.70. The van der Waals surface area contributed by atoms with Gasteiger partial charge in [0.1, 0.15) is 5.56 Å². The van der Waals surface area contributed by atoms with E-state index in [1.165, 1.54) is 13.2 Å². The van der Waals surface area contributed by atoms with Crippen LogP contribution in [-0.2, 0) is 4.74 Å². The molecule has 0 radical (unpaired) electrons. The van der Waals surface area contributed by atoms with E-state index in [0.29, 0.717) is 10.0 Å². The van der Waals surface area contributed by atoms with Gasteiger partial charge >= 0.3 is 5.97 Å². The van der Waals surface area contributed by atoms with E-state index in [9.17, 15) is 14.9 Å². The molecule has 0 spiro atoms. The Labute approximate surface area is 94.3 Å². The number of nitro groups is 1. The fraction of sp³-hybridized carbons (Fsp3) is 0.222. The minimum absolute atomic E-state index is 0.00861. The van der Waals surface area contributed by atoms with Crippen LogP contribution in [0, 0.1) is 17.0 Å². The lowest BCUT2D eigenvalue weighted by molar-refractivity contribution is -0.385. The summed E-state index contributed by atoms with van der Waals surface area (Å²) in [6, 6.07) is 2.90. The van der Waals surface area contributed by atoms with Crippen LogP contribution in [0.15, 0.2) is 16.6 Å². The average molecular weight is 274 g/mol. The molecule has 0 N–H and O–H groups in total. The van der Waals surface area contributed by atoms with Crippen LogP contribution in [0.4, 0.5) is 5.69 Å². The Bertz CT molecular complexity index is 430. The second-order valence-electron chi connectivity index (χ2n) is 2.87. The maximum atomic E-state index is 11.3. The van der Waals surface area contributed by atoms with E-state index in [4.69, 9.17) is 0 Å². The number of hydrogen-bond acceptors (Lipinski definition) is 4. The summed E-state index contributed by atoms with van der Waals surface area (Å²) in [7, 11) is 1.19. The minimum atomic E-state index is -0.702. The molecule has 0 aliphatic heterocycles. The summed E-state index contributed by atoms with van der Waals surface area (Å²) in [6.07, 6.45) is 0. The van der Waals surface area contributed by atoms with Crippen LogP contribution in [0.25, 0.3) is 0 Å². The number of carbonyl (C=O) groups is 1. The van der Waals surface area contributed by atoms with Gasteiger partial charge in [0.2, 0.25) is 0 Å². The molecule has 0 amide bonds. The normalized spacial score (nSPS) is 9.80. The summed E-state index contributed by atoms with van der Waals surface area (Å²) < 4.78 is 5.04. The lowest BCUT2D eigenvalue weighted by Crippen LogP contribution is -2.08. The third kappa shape index (κ3) is 2.33. The molecule has 0 fully saturated rings. The number of esters is 1. The Morgan fingerprint density at radius 1 is 1.53 bits per heavy atom. The van der Waals surface area contributed by atoms with E-state index in [2.05, 4.69) is 20.7 Å². The Morgan fingerprint density at radius 2 is 2.13 bits per heavy atom. The monoisotopic (exact) mass is 273 g/mol. The van der Waals surface area contributed by atoms with Crippen LogP contribution in [0.5, 0.6) is 0 Å². The first kappa shape index (κ1) is 11.6. The maximum Gasteiger partial charge on any atom is 0.345 e. The van der Waals surface area contributed by atoms with Crippen molar-refractivity contribution in [2.75, 3.05) is 7.11 Å². The number of hydrogen-bond donors (Lipinski definition) is 0. The Balaban J connectivity index is 3.46. The second-order valence-corrected chi connectivity index (χ2v) is 3.78. The molecule has 0 saturated carbocycles. The molecule has 1 aromatic rings. The predicted molar refractivity (Wildman–Crippen MR) is 56.9 cm³/mol. The topological polar surface area (TPSA) is 69.4 Å². The lowest BCUT2D eigenvalue weighted by Gasteiger charge is -2.05. The number of ether oxygens (including phenoxy) is 1. The highest BCUT2D eigenvalue weighted by atomic mass is 79.9. The molecule has 0 aromatic heterocycles. The van der Waals surface area contributed by atoms with E-state index >= 15 is 0 Å². The fourth-order valence-electron chi connectivity index (χ4n) is 1.24. The van der Waals surface area contributed by atoms with Crippen molar-refractivity contribution in [3.05, 3.63) is 37.8 Å². The summed E-state index contributed by atoms with van der Waals surface area (Å²) in [4.78, 5) is 21.4. The van der Waals surface area contributed by atoms with Crippen molar-refractivity contribution in [3.63, 3.8) is 0 Å². The summed E-state index contributed by atoms with van der Waals surface area (Å²) in [6.45, 7) is 1.62. The molecule has 0 bridgehead atoms. The molecular formula is C9H8BrNO4. The van der Waals surface area contributed by atoms with Crippen LogP contribution in [0.1, 0.15) is 15.9 Å². The zero-order valence-electron chi connectivity index (χ0n) is 8.11. The number of aryl methyl sites for hydroxylation is 1. The van der Waals surface area contributed by atoms with Crippen molar-refractivity contribution < 1.29 is 14.5 Å². The van der Waals surface area contributed by atoms with Crippen LogP contribution in [0.2, 0.25) is 0 Å². The van der Waals surface area contributed by atoms with Crippen LogP contribution in [0.3, 0.4) is 0 Å². The fourth-order valence-corrected chi connectivity index (χ4v) is 1.80. The molecule has 0 heterocycles. The molecular weight excluding hydrogens is 266 g/mol. The number of carbonyl (C=O) groups excluding carboxylic acids is 1. The Hall–Kier alpha value is -1.43. The highest BCUT2D eigenvalue weighted by Gasteiger charge is 2.23. The van der Waals surface area contributed by atoms with E-state index in [-0.39, 0.29) is 11.3 Å². The smallest absolute Gasteiger partial charge is 0.345 e. The van der Waals surface area contributed by atoms with Gasteiger partial charge in [-0.1, -0.05) is 15.9 Å². The van der Waals surface area contributed by atoms with E-state index in [0.717, 1.165) is 0 Å². The summed E-state index contributed by atoms with van der Waals surface area (Å²) in [5, 5.41) is 10.7. The molecule has 15 heavy (non-hydrogen) atoms. The van der Waals surface area contributed by atoms with Gasteiger partial charge in [-0.05, 0) is 18.6 Å². The SMILES string of the molecule is COC(=O)c1c(C)cc(Br)cc1[N+](=O)[O-]. The lowest BCUT2D eigenvalue weighted by atomic mass is 10.1. The summed E-state index contributed by atoms with van der Waals surface area (Å²) >= 11 is 3.13. The van der Waals surface area contributed by atoms with Crippen molar-refractivity contribution in [1.29, 1.82) is 0 Å². The van der Waals surface area contributed by atoms with Gasteiger partial charge in [-0.25, -0.2) is 4.79 Å². The van der Waals surface area contributed by atoms with Crippen LogP contribution in [-0.4, -0.2) is 18.0 Å². The second kappa shape index (κ2) is 4.39. The predicted octanol–water partition coefficient (Wildman–Crippen LogP) is 2.45.